The summed E-state index contributed by atoms with van der Waals surface area (Å²) in [5.41, 5.74) is 2.34. The summed E-state index contributed by atoms with van der Waals surface area (Å²) in [6, 6.07) is 12.6. The third kappa shape index (κ3) is 2.90. The minimum absolute atomic E-state index is 0.162. The lowest BCUT2D eigenvalue weighted by Gasteiger charge is -2.16. The molecule has 0 aliphatic rings. The summed E-state index contributed by atoms with van der Waals surface area (Å²) in [6.07, 6.45) is 1.68. The standard InChI is InChI=1S/C18H19N3O3/c1-12(21-11-19-14-6-4-5-7-16(14)21)18(22)20-15-10-13(23-2)8-9-17(15)24-3/h4-12H,1-3H3,(H,20,22). The van der Waals surface area contributed by atoms with Crippen molar-refractivity contribution in [1.82, 2.24) is 9.55 Å². The number of rotatable bonds is 5. The Labute approximate surface area is 140 Å². The number of methoxy groups -OCH3 is 2. The van der Waals surface area contributed by atoms with Crippen LogP contribution in [-0.4, -0.2) is 29.7 Å². The van der Waals surface area contributed by atoms with Gasteiger partial charge in [-0.25, -0.2) is 4.98 Å². The van der Waals surface area contributed by atoms with E-state index < -0.39 is 6.04 Å². The van der Waals surface area contributed by atoms with Gasteiger partial charge in [-0.15, -0.1) is 0 Å². The van der Waals surface area contributed by atoms with Gasteiger partial charge in [0.1, 0.15) is 17.5 Å². The SMILES string of the molecule is COc1ccc(OC)c(NC(=O)C(C)n2cnc3ccccc32)c1. The van der Waals surface area contributed by atoms with Gasteiger partial charge in [-0.2, -0.15) is 0 Å². The molecule has 3 aromatic rings. The summed E-state index contributed by atoms with van der Waals surface area (Å²) in [4.78, 5) is 17.0. The Morgan fingerprint density at radius 3 is 2.71 bits per heavy atom. The van der Waals surface area contributed by atoms with E-state index in [1.54, 1.807) is 38.7 Å². The quantitative estimate of drug-likeness (QED) is 0.782. The summed E-state index contributed by atoms with van der Waals surface area (Å²) in [6.45, 7) is 1.83. The molecule has 1 atom stereocenters. The molecule has 6 heteroatoms. The minimum Gasteiger partial charge on any atom is -0.497 e. The zero-order chi connectivity index (χ0) is 17.1. The van der Waals surface area contributed by atoms with Crippen molar-refractivity contribution in [3.63, 3.8) is 0 Å². The first kappa shape index (κ1) is 15.9. The fourth-order valence-corrected chi connectivity index (χ4v) is 2.56. The number of carbonyl (C=O) groups is 1. The normalized spacial score (nSPS) is 12.0. The number of nitrogens with zero attached hydrogens (tertiary/aromatic N) is 2. The highest BCUT2D eigenvalue weighted by molar-refractivity contribution is 5.96. The zero-order valence-corrected chi connectivity index (χ0v) is 13.8. The topological polar surface area (TPSA) is 65.4 Å². The molecule has 0 radical (unpaired) electrons. The number of para-hydroxylation sites is 2. The van der Waals surface area contributed by atoms with Crippen molar-refractivity contribution in [2.75, 3.05) is 19.5 Å². The second-order valence-electron chi connectivity index (χ2n) is 5.37. The molecule has 1 unspecified atom stereocenters. The van der Waals surface area contributed by atoms with E-state index in [4.69, 9.17) is 9.47 Å². The maximum Gasteiger partial charge on any atom is 0.247 e. The van der Waals surface area contributed by atoms with E-state index in [0.29, 0.717) is 17.2 Å². The summed E-state index contributed by atoms with van der Waals surface area (Å²) in [5.74, 6) is 1.06. The van der Waals surface area contributed by atoms with Crippen molar-refractivity contribution in [3.8, 4) is 11.5 Å². The number of ether oxygens (including phenoxy) is 2. The smallest absolute Gasteiger partial charge is 0.247 e. The Kier molecular flexibility index (Phi) is 4.37. The van der Waals surface area contributed by atoms with Crippen LogP contribution >= 0.6 is 0 Å². The monoisotopic (exact) mass is 325 g/mol. The lowest BCUT2D eigenvalue weighted by molar-refractivity contribution is -0.118. The Morgan fingerprint density at radius 2 is 1.96 bits per heavy atom. The predicted octanol–water partition coefficient (Wildman–Crippen LogP) is 3.25. The van der Waals surface area contributed by atoms with E-state index in [9.17, 15) is 4.79 Å². The fraction of sp³-hybridized carbons (Fsp3) is 0.222. The number of hydrogen-bond acceptors (Lipinski definition) is 4. The third-order valence-electron chi connectivity index (χ3n) is 3.94. The van der Waals surface area contributed by atoms with E-state index in [0.717, 1.165) is 11.0 Å². The van der Waals surface area contributed by atoms with E-state index in [-0.39, 0.29) is 5.91 Å². The number of anilines is 1. The fourth-order valence-electron chi connectivity index (χ4n) is 2.56. The Hall–Kier alpha value is -3.02. The van der Waals surface area contributed by atoms with Crippen LogP contribution in [0.25, 0.3) is 11.0 Å². The maximum atomic E-state index is 12.7. The molecule has 0 aliphatic heterocycles. The molecule has 1 aromatic heterocycles. The molecule has 0 saturated heterocycles. The van der Waals surface area contributed by atoms with Crippen LogP contribution in [0, 0.1) is 0 Å². The van der Waals surface area contributed by atoms with Crippen molar-refractivity contribution >= 4 is 22.6 Å². The second kappa shape index (κ2) is 6.62. The summed E-state index contributed by atoms with van der Waals surface area (Å²) in [7, 11) is 3.14. The molecule has 6 nitrogen and oxygen atoms in total. The minimum atomic E-state index is -0.423. The van der Waals surface area contributed by atoms with Gasteiger partial charge in [0.15, 0.2) is 0 Å². The van der Waals surface area contributed by atoms with Gasteiger partial charge < -0.3 is 19.4 Å². The average Bonchev–Trinajstić information content (AvgIpc) is 3.05. The number of benzene rings is 2. The molecule has 0 aliphatic carbocycles. The highest BCUT2D eigenvalue weighted by Gasteiger charge is 2.19. The molecule has 0 bridgehead atoms. The molecule has 124 valence electrons. The predicted molar refractivity (Wildman–Crippen MR) is 92.6 cm³/mol. The number of hydrogen-bond donors (Lipinski definition) is 1. The number of aromatic nitrogens is 2. The maximum absolute atomic E-state index is 12.7. The van der Waals surface area contributed by atoms with Gasteiger partial charge in [0.2, 0.25) is 5.91 Å². The molecule has 2 aromatic carbocycles. The number of amides is 1. The second-order valence-corrected chi connectivity index (χ2v) is 5.37. The summed E-state index contributed by atoms with van der Waals surface area (Å²) in [5, 5.41) is 2.90. The highest BCUT2D eigenvalue weighted by Crippen LogP contribution is 2.30. The van der Waals surface area contributed by atoms with Gasteiger partial charge in [-0.1, -0.05) is 12.1 Å². The van der Waals surface area contributed by atoms with Crippen molar-refractivity contribution in [2.45, 2.75) is 13.0 Å². The summed E-state index contributed by atoms with van der Waals surface area (Å²) >= 11 is 0. The van der Waals surface area contributed by atoms with Gasteiger partial charge in [-0.05, 0) is 31.2 Å². The molecule has 0 spiro atoms. The molecule has 1 amide bonds. The van der Waals surface area contributed by atoms with E-state index >= 15 is 0 Å². The molecule has 3 rings (SSSR count). The third-order valence-corrected chi connectivity index (χ3v) is 3.94. The van der Waals surface area contributed by atoms with Crippen LogP contribution in [0.4, 0.5) is 5.69 Å². The molecule has 24 heavy (non-hydrogen) atoms. The van der Waals surface area contributed by atoms with E-state index in [1.165, 1.54) is 0 Å². The first-order chi connectivity index (χ1) is 11.6. The van der Waals surface area contributed by atoms with Crippen LogP contribution in [0.2, 0.25) is 0 Å². The van der Waals surface area contributed by atoms with Gasteiger partial charge in [0.05, 0.1) is 37.3 Å². The van der Waals surface area contributed by atoms with Crippen LogP contribution in [0.5, 0.6) is 11.5 Å². The zero-order valence-electron chi connectivity index (χ0n) is 13.8. The average molecular weight is 325 g/mol. The largest absolute Gasteiger partial charge is 0.497 e. The van der Waals surface area contributed by atoms with E-state index in [2.05, 4.69) is 10.3 Å². The van der Waals surface area contributed by atoms with Crippen molar-refractivity contribution < 1.29 is 14.3 Å². The van der Waals surface area contributed by atoms with Gasteiger partial charge >= 0.3 is 0 Å². The first-order valence-corrected chi connectivity index (χ1v) is 7.58. The highest BCUT2D eigenvalue weighted by atomic mass is 16.5. The number of carbonyl (C=O) groups excluding carboxylic acids is 1. The number of nitrogens with one attached hydrogen (secondary N) is 1. The molecule has 0 saturated carbocycles. The molecule has 1 N–H and O–H groups in total. The van der Waals surface area contributed by atoms with E-state index in [1.807, 2.05) is 35.8 Å². The van der Waals surface area contributed by atoms with Crippen LogP contribution in [0.3, 0.4) is 0 Å². The van der Waals surface area contributed by atoms with Crippen molar-refractivity contribution in [2.24, 2.45) is 0 Å². The van der Waals surface area contributed by atoms with Crippen LogP contribution in [0.1, 0.15) is 13.0 Å². The van der Waals surface area contributed by atoms with Crippen LogP contribution in [0.15, 0.2) is 48.8 Å². The lowest BCUT2D eigenvalue weighted by atomic mass is 10.2. The number of imidazole rings is 1. The Morgan fingerprint density at radius 1 is 1.17 bits per heavy atom. The first-order valence-electron chi connectivity index (χ1n) is 7.58. The van der Waals surface area contributed by atoms with Crippen molar-refractivity contribution in [3.05, 3.63) is 48.8 Å². The Balaban J connectivity index is 1.87. The molecular formula is C18H19N3O3. The van der Waals surface area contributed by atoms with Gasteiger partial charge in [0, 0.05) is 6.07 Å². The van der Waals surface area contributed by atoms with Gasteiger partial charge in [-0.3, -0.25) is 4.79 Å². The molecule has 0 fully saturated rings. The molecular weight excluding hydrogens is 306 g/mol. The van der Waals surface area contributed by atoms with Crippen LogP contribution in [-0.2, 0) is 4.79 Å². The summed E-state index contributed by atoms with van der Waals surface area (Å²) < 4.78 is 12.3. The molecule has 1 heterocycles. The van der Waals surface area contributed by atoms with Gasteiger partial charge in [0.25, 0.3) is 0 Å². The Bertz CT molecular complexity index is 873. The van der Waals surface area contributed by atoms with Crippen LogP contribution < -0.4 is 14.8 Å². The number of fused-ring (bicyclic) bond motifs is 1. The van der Waals surface area contributed by atoms with Crippen molar-refractivity contribution in [1.29, 1.82) is 0 Å². The lowest BCUT2D eigenvalue weighted by Crippen LogP contribution is -2.23.